The number of amides is 1. The largest absolute Gasteiger partial charge is 0.481 e. The lowest BCUT2D eigenvalue weighted by atomic mass is 10.1. The average molecular weight is 251 g/mol. The molecule has 5 heteroatoms. The van der Waals surface area contributed by atoms with E-state index in [0.717, 1.165) is 11.1 Å². The summed E-state index contributed by atoms with van der Waals surface area (Å²) in [7, 11) is 0. The summed E-state index contributed by atoms with van der Waals surface area (Å²) in [6.07, 6.45) is -0.147. The van der Waals surface area contributed by atoms with Crippen LogP contribution >= 0.6 is 0 Å². The molecule has 0 saturated carbocycles. The van der Waals surface area contributed by atoms with E-state index in [-0.39, 0.29) is 13.0 Å². The number of aliphatic carboxylic acids is 1. The monoisotopic (exact) mass is 251 g/mol. The maximum Gasteiger partial charge on any atom is 0.412 e. The van der Waals surface area contributed by atoms with Crippen LogP contribution in [0, 0.1) is 13.8 Å². The van der Waals surface area contributed by atoms with Crippen LogP contribution in [-0.2, 0) is 4.79 Å². The molecule has 0 unspecified atom stereocenters. The molecule has 1 rings (SSSR count). The first kappa shape index (κ1) is 14.0. The third-order valence-corrected chi connectivity index (χ3v) is 2.24. The van der Waals surface area contributed by atoms with Crippen LogP contribution in [0.4, 0.5) is 4.79 Å². The van der Waals surface area contributed by atoms with Crippen molar-refractivity contribution < 1.29 is 19.4 Å². The van der Waals surface area contributed by atoms with E-state index in [1.165, 1.54) is 0 Å². The molecule has 0 radical (unpaired) electrons. The maximum atomic E-state index is 11.4. The molecule has 1 amide bonds. The summed E-state index contributed by atoms with van der Waals surface area (Å²) in [6.45, 7) is 4.13. The van der Waals surface area contributed by atoms with Gasteiger partial charge in [-0.3, -0.25) is 4.79 Å². The van der Waals surface area contributed by atoms with Gasteiger partial charge in [0.15, 0.2) is 0 Å². The van der Waals surface area contributed by atoms with Crippen LogP contribution in [0.25, 0.3) is 0 Å². The molecule has 5 nitrogen and oxygen atoms in total. The summed E-state index contributed by atoms with van der Waals surface area (Å²) in [5, 5.41) is 10.9. The van der Waals surface area contributed by atoms with Gasteiger partial charge in [-0.15, -0.1) is 0 Å². The highest BCUT2D eigenvalue weighted by Crippen LogP contribution is 2.16. The topological polar surface area (TPSA) is 75.6 Å². The zero-order valence-electron chi connectivity index (χ0n) is 10.5. The molecule has 0 saturated heterocycles. The summed E-state index contributed by atoms with van der Waals surface area (Å²) < 4.78 is 5.09. The van der Waals surface area contributed by atoms with Crippen LogP contribution in [0.1, 0.15) is 24.0 Å². The molecule has 18 heavy (non-hydrogen) atoms. The van der Waals surface area contributed by atoms with Gasteiger partial charge < -0.3 is 15.2 Å². The van der Waals surface area contributed by atoms with Crippen molar-refractivity contribution in [2.45, 2.75) is 26.7 Å². The molecule has 0 heterocycles. The highest BCUT2D eigenvalue weighted by Gasteiger charge is 2.05. The van der Waals surface area contributed by atoms with Gasteiger partial charge in [-0.2, -0.15) is 0 Å². The number of nitrogens with one attached hydrogen (secondary N) is 1. The molecular formula is C13H17NO4. The van der Waals surface area contributed by atoms with E-state index in [2.05, 4.69) is 5.32 Å². The van der Waals surface area contributed by atoms with Gasteiger partial charge >= 0.3 is 12.1 Å². The minimum Gasteiger partial charge on any atom is -0.481 e. The molecule has 98 valence electrons. The second-order valence-electron chi connectivity index (χ2n) is 4.14. The molecular weight excluding hydrogens is 234 g/mol. The van der Waals surface area contributed by atoms with Crippen molar-refractivity contribution in [1.29, 1.82) is 0 Å². The highest BCUT2D eigenvalue weighted by molar-refractivity contribution is 5.70. The fraction of sp³-hybridized carbons (Fsp3) is 0.385. The molecule has 2 N–H and O–H groups in total. The van der Waals surface area contributed by atoms with E-state index < -0.39 is 12.1 Å². The number of hydrogen-bond donors (Lipinski definition) is 2. The van der Waals surface area contributed by atoms with Crippen LogP contribution in [0.2, 0.25) is 0 Å². The summed E-state index contributed by atoms with van der Waals surface area (Å²) in [5.74, 6) is -0.386. The zero-order valence-corrected chi connectivity index (χ0v) is 10.5. The van der Waals surface area contributed by atoms with Gasteiger partial charge in [0.1, 0.15) is 5.75 Å². The van der Waals surface area contributed by atoms with Crippen molar-refractivity contribution in [2.24, 2.45) is 0 Å². The molecule has 0 aliphatic rings. The lowest BCUT2D eigenvalue weighted by Crippen LogP contribution is -2.28. The van der Waals surface area contributed by atoms with Gasteiger partial charge in [0.25, 0.3) is 0 Å². The van der Waals surface area contributed by atoms with Crippen LogP contribution in [0.5, 0.6) is 5.75 Å². The summed E-state index contributed by atoms with van der Waals surface area (Å²) in [5.41, 5.74) is 2.03. The second-order valence-corrected chi connectivity index (χ2v) is 4.14. The predicted molar refractivity (Wildman–Crippen MR) is 66.8 cm³/mol. The summed E-state index contributed by atoms with van der Waals surface area (Å²) >= 11 is 0. The van der Waals surface area contributed by atoms with Gasteiger partial charge in [0.05, 0.1) is 0 Å². The maximum absolute atomic E-state index is 11.4. The van der Waals surface area contributed by atoms with Gasteiger partial charge in [0, 0.05) is 13.0 Å². The van der Waals surface area contributed by atoms with Crippen molar-refractivity contribution in [3.8, 4) is 5.75 Å². The first-order valence-corrected chi connectivity index (χ1v) is 5.73. The SMILES string of the molecule is Cc1cc(C)cc(OC(=O)NCCCC(=O)O)c1. The smallest absolute Gasteiger partial charge is 0.412 e. The normalized spacial score (nSPS) is 9.89. The first-order chi connectivity index (χ1) is 8.47. The fourth-order valence-corrected chi connectivity index (χ4v) is 1.57. The number of carbonyl (C=O) groups is 2. The predicted octanol–water partition coefficient (Wildman–Crippen LogP) is 2.26. The summed E-state index contributed by atoms with van der Waals surface area (Å²) in [6, 6.07) is 5.52. The zero-order chi connectivity index (χ0) is 13.5. The summed E-state index contributed by atoms with van der Waals surface area (Å²) in [4.78, 5) is 21.7. The molecule has 0 aliphatic heterocycles. The van der Waals surface area contributed by atoms with Crippen molar-refractivity contribution in [3.05, 3.63) is 29.3 Å². The van der Waals surface area contributed by atoms with E-state index in [1.54, 1.807) is 12.1 Å². The molecule has 1 aromatic carbocycles. The van der Waals surface area contributed by atoms with Crippen LogP contribution in [0.3, 0.4) is 0 Å². The lowest BCUT2D eigenvalue weighted by Gasteiger charge is -2.07. The minimum atomic E-state index is -0.875. The van der Waals surface area contributed by atoms with Crippen LogP contribution in [-0.4, -0.2) is 23.7 Å². The molecule has 0 spiro atoms. The standard InChI is InChI=1S/C13H17NO4/c1-9-6-10(2)8-11(7-9)18-13(17)14-5-3-4-12(15)16/h6-8H,3-5H2,1-2H3,(H,14,17)(H,15,16). The van der Waals surface area contributed by atoms with Crippen molar-refractivity contribution in [2.75, 3.05) is 6.54 Å². The molecule has 1 aromatic rings. The van der Waals surface area contributed by atoms with Crippen molar-refractivity contribution in [1.82, 2.24) is 5.32 Å². The Kier molecular flexibility index (Phi) is 5.17. The molecule has 0 aromatic heterocycles. The van der Waals surface area contributed by atoms with Gasteiger partial charge in [-0.25, -0.2) is 4.79 Å². The van der Waals surface area contributed by atoms with Crippen LogP contribution < -0.4 is 10.1 Å². The third-order valence-electron chi connectivity index (χ3n) is 2.24. The Labute approximate surface area is 106 Å². The number of carboxylic acid groups (broad SMARTS) is 1. The number of ether oxygens (including phenoxy) is 1. The second kappa shape index (κ2) is 6.64. The average Bonchev–Trinajstić information content (AvgIpc) is 2.22. The van der Waals surface area contributed by atoms with Gasteiger partial charge in [-0.1, -0.05) is 6.07 Å². The lowest BCUT2D eigenvalue weighted by molar-refractivity contribution is -0.137. The molecule has 0 atom stereocenters. The van der Waals surface area contributed by atoms with E-state index in [1.807, 2.05) is 19.9 Å². The van der Waals surface area contributed by atoms with E-state index >= 15 is 0 Å². The number of rotatable bonds is 5. The molecule has 0 aliphatic carbocycles. The Hall–Kier alpha value is -2.04. The quantitative estimate of drug-likeness (QED) is 0.787. The van der Waals surface area contributed by atoms with Crippen LogP contribution in [0.15, 0.2) is 18.2 Å². The Morgan fingerprint density at radius 1 is 1.22 bits per heavy atom. The third kappa shape index (κ3) is 5.34. The Morgan fingerprint density at radius 3 is 2.39 bits per heavy atom. The first-order valence-electron chi connectivity index (χ1n) is 5.73. The van der Waals surface area contributed by atoms with E-state index in [4.69, 9.17) is 9.84 Å². The Bertz CT molecular complexity index is 422. The van der Waals surface area contributed by atoms with Crippen molar-refractivity contribution in [3.63, 3.8) is 0 Å². The van der Waals surface area contributed by atoms with Gasteiger partial charge in [-0.05, 0) is 43.5 Å². The van der Waals surface area contributed by atoms with E-state index in [0.29, 0.717) is 12.2 Å². The molecule has 0 fully saturated rings. The highest BCUT2D eigenvalue weighted by atomic mass is 16.6. The van der Waals surface area contributed by atoms with E-state index in [9.17, 15) is 9.59 Å². The number of benzene rings is 1. The number of aryl methyl sites for hydroxylation is 2. The number of hydrogen-bond acceptors (Lipinski definition) is 3. The Morgan fingerprint density at radius 2 is 1.83 bits per heavy atom. The minimum absolute atomic E-state index is 0.0316. The Balaban J connectivity index is 2.37. The van der Waals surface area contributed by atoms with Crippen molar-refractivity contribution >= 4 is 12.1 Å². The number of carboxylic acids is 1. The molecule has 0 bridgehead atoms. The number of carbonyl (C=O) groups excluding carboxylic acids is 1. The van der Waals surface area contributed by atoms with Gasteiger partial charge in [0.2, 0.25) is 0 Å². The fourth-order valence-electron chi connectivity index (χ4n) is 1.57.